The third kappa shape index (κ3) is 3.54. The van der Waals surface area contributed by atoms with Crippen molar-refractivity contribution in [3.63, 3.8) is 0 Å². The second-order valence-corrected chi connectivity index (χ2v) is 4.27. The van der Waals surface area contributed by atoms with E-state index in [0.717, 1.165) is 31.6 Å². The molecule has 17 heavy (non-hydrogen) atoms. The van der Waals surface area contributed by atoms with Crippen molar-refractivity contribution in [2.24, 2.45) is 0 Å². The Morgan fingerprint density at radius 1 is 1.53 bits per heavy atom. The van der Waals surface area contributed by atoms with E-state index in [0.29, 0.717) is 18.2 Å². The van der Waals surface area contributed by atoms with Gasteiger partial charge >= 0.3 is 5.97 Å². The number of hydrogen-bond acceptors (Lipinski definition) is 3. The minimum atomic E-state index is -0.883. The molecular weight excluding hydrogens is 218 g/mol. The van der Waals surface area contributed by atoms with Crippen LogP contribution >= 0.6 is 0 Å². The van der Waals surface area contributed by atoms with Crippen molar-refractivity contribution >= 4 is 5.97 Å². The van der Waals surface area contributed by atoms with E-state index < -0.39 is 5.97 Å². The zero-order valence-electron chi connectivity index (χ0n) is 9.69. The molecule has 1 aromatic rings. The molecule has 1 aromatic carbocycles. The standard InChI is InChI=1S/C13H17NO3/c15-13(16)11-4-1-3-10(7-11)8-14-9-12-5-2-6-17-12/h1,3-4,7,12,14H,2,5-6,8-9H2,(H,15,16). The number of nitrogens with one attached hydrogen (secondary N) is 1. The van der Waals surface area contributed by atoms with Gasteiger partial charge in [-0.05, 0) is 30.5 Å². The SMILES string of the molecule is O=C(O)c1cccc(CNCC2CCCO2)c1. The van der Waals surface area contributed by atoms with Crippen molar-refractivity contribution in [2.75, 3.05) is 13.2 Å². The smallest absolute Gasteiger partial charge is 0.335 e. The van der Waals surface area contributed by atoms with Gasteiger partial charge in [0.15, 0.2) is 0 Å². The summed E-state index contributed by atoms with van der Waals surface area (Å²) in [5.74, 6) is -0.883. The molecule has 0 spiro atoms. The molecule has 0 saturated carbocycles. The molecule has 1 aliphatic heterocycles. The van der Waals surface area contributed by atoms with Crippen LogP contribution in [0.3, 0.4) is 0 Å². The van der Waals surface area contributed by atoms with E-state index in [1.165, 1.54) is 0 Å². The maximum Gasteiger partial charge on any atom is 0.335 e. The summed E-state index contributed by atoms with van der Waals surface area (Å²) in [5, 5.41) is 12.2. The molecule has 2 rings (SSSR count). The first-order valence-electron chi connectivity index (χ1n) is 5.90. The fraction of sp³-hybridized carbons (Fsp3) is 0.462. The number of benzene rings is 1. The molecule has 92 valence electrons. The molecule has 1 fully saturated rings. The molecular formula is C13H17NO3. The molecule has 4 nitrogen and oxygen atoms in total. The predicted octanol–water partition coefficient (Wildman–Crippen LogP) is 1.65. The minimum absolute atomic E-state index is 0.317. The highest BCUT2D eigenvalue weighted by Crippen LogP contribution is 2.11. The second kappa shape index (κ2) is 5.80. The lowest BCUT2D eigenvalue weighted by atomic mass is 10.1. The quantitative estimate of drug-likeness (QED) is 0.814. The van der Waals surface area contributed by atoms with Gasteiger partial charge in [0.1, 0.15) is 0 Å². The highest BCUT2D eigenvalue weighted by molar-refractivity contribution is 5.87. The lowest BCUT2D eigenvalue weighted by molar-refractivity contribution is 0.0696. The van der Waals surface area contributed by atoms with Gasteiger partial charge in [-0.3, -0.25) is 0 Å². The van der Waals surface area contributed by atoms with Crippen LogP contribution in [0.2, 0.25) is 0 Å². The number of carboxylic acids is 1. The van der Waals surface area contributed by atoms with Gasteiger partial charge in [0, 0.05) is 19.7 Å². The third-order valence-electron chi connectivity index (χ3n) is 2.90. The van der Waals surface area contributed by atoms with Crippen molar-refractivity contribution in [1.82, 2.24) is 5.32 Å². The van der Waals surface area contributed by atoms with Gasteiger partial charge in [-0.15, -0.1) is 0 Å². The van der Waals surface area contributed by atoms with Crippen molar-refractivity contribution in [3.05, 3.63) is 35.4 Å². The van der Waals surface area contributed by atoms with Crippen molar-refractivity contribution in [3.8, 4) is 0 Å². The first-order valence-corrected chi connectivity index (χ1v) is 5.90. The van der Waals surface area contributed by atoms with Crippen molar-refractivity contribution < 1.29 is 14.6 Å². The Morgan fingerprint density at radius 3 is 3.12 bits per heavy atom. The summed E-state index contributed by atoms with van der Waals surface area (Å²) in [6.45, 7) is 2.37. The monoisotopic (exact) mass is 235 g/mol. The van der Waals surface area contributed by atoms with Crippen LogP contribution in [0.15, 0.2) is 24.3 Å². The van der Waals surface area contributed by atoms with Crippen LogP contribution < -0.4 is 5.32 Å². The average Bonchev–Trinajstić information content (AvgIpc) is 2.82. The normalized spacial score (nSPS) is 19.4. The summed E-state index contributed by atoms with van der Waals surface area (Å²) in [7, 11) is 0. The Morgan fingerprint density at radius 2 is 2.41 bits per heavy atom. The zero-order chi connectivity index (χ0) is 12.1. The molecule has 0 aliphatic carbocycles. The fourth-order valence-corrected chi connectivity index (χ4v) is 2.00. The molecule has 1 aliphatic rings. The molecule has 1 saturated heterocycles. The summed E-state index contributed by atoms with van der Waals surface area (Å²) < 4.78 is 5.50. The van der Waals surface area contributed by atoms with E-state index in [9.17, 15) is 4.79 Å². The van der Waals surface area contributed by atoms with Crippen LogP contribution in [0.4, 0.5) is 0 Å². The van der Waals surface area contributed by atoms with Crippen LogP contribution in [-0.2, 0) is 11.3 Å². The van der Waals surface area contributed by atoms with E-state index in [-0.39, 0.29) is 0 Å². The Balaban J connectivity index is 1.81. The first-order chi connectivity index (χ1) is 8.25. The van der Waals surface area contributed by atoms with E-state index >= 15 is 0 Å². The Hall–Kier alpha value is -1.39. The zero-order valence-corrected chi connectivity index (χ0v) is 9.69. The van der Waals surface area contributed by atoms with E-state index in [2.05, 4.69) is 5.32 Å². The second-order valence-electron chi connectivity index (χ2n) is 4.27. The number of hydrogen-bond donors (Lipinski definition) is 2. The molecule has 1 heterocycles. The molecule has 1 unspecified atom stereocenters. The number of carboxylic acid groups (broad SMARTS) is 1. The number of aromatic carboxylic acids is 1. The van der Waals surface area contributed by atoms with E-state index in [1.54, 1.807) is 18.2 Å². The van der Waals surface area contributed by atoms with Crippen molar-refractivity contribution in [2.45, 2.75) is 25.5 Å². The van der Waals surface area contributed by atoms with Crippen LogP contribution in [0, 0.1) is 0 Å². The molecule has 0 amide bonds. The number of rotatable bonds is 5. The largest absolute Gasteiger partial charge is 0.478 e. The fourth-order valence-electron chi connectivity index (χ4n) is 2.00. The highest BCUT2D eigenvalue weighted by Gasteiger charge is 2.14. The molecule has 1 atom stereocenters. The minimum Gasteiger partial charge on any atom is -0.478 e. The maximum atomic E-state index is 10.8. The van der Waals surface area contributed by atoms with E-state index in [4.69, 9.17) is 9.84 Å². The summed E-state index contributed by atoms with van der Waals surface area (Å²) in [6.07, 6.45) is 2.57. The van der Waals surface area contributed by atoms with Crippen LogP contribution in [0.5, 0.6) is 0 Å². The third-order valence-corrected chi connectivity index (χ3v) is 2.90. The van der Waals surface area contributed by atoms with Crippen LogP contribution in [-0.4, -0.2) is 30.3 Å². The van der Waals surface area contributed by atoms with Gasteiger partial charge in [-0.25, -0.2) is 4.79 Å². The first kappa shape index (κ1) is 12.1. The molecule has 4 heteroatoms. The topological polar surface area (TPSA) is 58.6 Å². The summed E-state index contributed by atoms with van der Waals surface area (Å²) >= 11 is 0. The Kier molecular flexibility index (Phi) is 4.12. The van der Waals surface area contributed by atoms with Gasteiger partial charge in [0.05, 0.1) is 11.7 Å². The predicted molar refractivity (Wildman–Crippen MR) is 64.1 cm³/mol. The summed E-state index contributed by atoms with van der Waals surface area (Å²) in [4.78, 5) is 10.8. The Bertz CT molecular complexity index is 386. The Labute approximate surface area is 101 Å². The lowest BCUT2D eigenvalue weighted by Crippen LogP contribution is -2.25. The van der Waals surface area contributed by atoms with Gasteiger partial charge in [0.25, 0.3) is 0 Å². The van der Waals surface area contributed by atoms with Gasteiger partial charge in [0.2, 0.25) is 0 Å². The molecule has 0 bridgehead atoms. The van der Waals surface area contributed by atoms with Gasteiger partial charge in [-0.1, -0.05) is 12.1 Å². The molecule has 0 aromatic heterocycles. The van der Waals surface area contributed by atoms with E-state index in [1.807, 2.05) is 6.07 Å². The van der Waals surface area contributed by atoms with Gasteiger partial charge < -0.3 is 15.2 Å². The van der Waals surface area contributed by atoms with Crippen molar-refractivity contribution in [1.29, 1.82) is 0 Å². The average molecular weight is 235 g/mol. The summed E-state index contributed by atoms with van der Waals surface area (Å²) in [6, 6.07) is 7.00. The number of carbonyl (C=O) groups is 1. The lowest BCUT2D eigenvalue weighted by Gasteiger charge is -2.10. The van der Waals surface area contributed by atoms with Crippen LogP contribution in [0.1, 0.15) is 28.8 Å². The molecule has 0 radical (unpaired) electrons. The maximum absolute atomic E-state index is 10.8. The van der Waals surface area contributed by atoms with Crippen LogP contribution in [0.25, 0.3) is 0 Å². The molecule has 2 N–H and O–H groups in total. The highest BCUT2D eigenvalue weighted by atomic mass is 16.5. The van der Waals surface area contributed by atoms with Gasteiger partial charge in [-0.2, -0.15) is 0 Å². The number of ether oxygens (including phenoxy) is 1. The summed E-state index contributed by atoms with van der Waals surface area (Å²) in [5.41, 5.74) is 1.32.